The van der Waals surface area contributed by atoms with E-state index < -0.39 is 18.2 Å². The first-order chi connectivity index (χ1) is 10.0. The molecule has 1 heterocycles. The van der Waals surface area contributed by atoms with E-state index in [9.17, 15) is 15.0 Å². The van der Waals surface area contributed by atoms with Crippen LogP contribution in [0.1, 0.15) is 18.6 Å². The summed E-state index contributed by atoms with van der Waals surface area (Å²) in [5.41, 5.74) is 1.23. The fourth-order valence-electron chi connectivity index (χ4n) is 1.89. The van der Waals surface area contributed by atoms with Gasteiger partial charge in [-0.2, -0.15) is 0 Å². The number of aliphatic hydroxyl groups excluding tert-OH is 2. The number of nitrogens with zero attached hydrogens (tertiary/aromatic N) is 1. The number of carbonyl (C=O) groups excluding carboxylic acids is 1. The minimum Gasteiger partial charge on any atom is -0.464 e. The van der Waals surface area contributed by atoms with Gasteiger partial charge in [0, 0.05) is 18.1 Å². The average Bonchev–Trinajstić information content (AvgIpc) is 2.92. The van der Waals surface area contributed by atoms with Crippen LogP contribution in [0.4, 0.5) is 0 Å². The number of aromatic nitrogens is 2. The van der Waals surface area contributed by atoms with Crippen molar-refractivity contribution in [3.8, 4) is 5.69 Å². The highest BCUT2D eigenvalue weighted by Crippen LogP contribution is 2.20. The van der Waals surface area contributed by atoms with Crippen LogP contribution in [0.2, 0.25) is 0 Å². The summed E-state index contributed by atoms with van der Waals surface area (Å²) < 4.78 is 6.98. The molecule has 0 fully saturated rings. The van der Waals surface area contributed by atoms with E-state index in [0.29, 0.717) is 10.3 Å². The van der Waals surface area contributed by atoms with Crippen LogP contribution in [0, 0.1) is 4.77 Å². The molecule has 0 radical (unpaired) electrons. The van der Waals surface area contributed by atoms with E-state index in [4.69, 9.17) is 12.2 Å². The van der Waals surface area contributed by atoms with Gasteiger partial charge in [-0.15, -0.1) is 0 Å². The SMILES string of the molecule is CCOC(=O)C(O)C(O)c1ccc(-n2cc[nH]c2=S)cc1. The third-order valence-corrected chi connectivity index (χ3v) is 3.30. The Morgan fingerprint density at radius 2 is 2.05 bits per heavy atom. The van der Waals surface area contributed by atoms with Crippen LogP contribution in [0.15, 0.2) is 36.7 Å². The lowest BCUT2D eigenvalue weighted by Crippen LogP contribution is -2.29. The van der Waals surface area contributed by atoms with E-state index in [1.54, 1.807) is 48.1 Å². The van der Waals surface area contributed by atoms with Crippen molar-refractivity contribution in [1.29, 1.82) is 0 Å². The number of aromatic amines is 1. The second kappa shape index (κ2) is 6.66. The molecule has 0 aliphatic rings. The second-order valence-electron chi connectivity index (χ2n) is 4.37. The van der Waals surface area contributed by atoms with E-state index in [1.807, 2.05) is 0 Å². The van der Waals surface area contributed by atoms with Crippen LogP contribution in [0.5, 0.6) is 0 Å². The van der Waals surface area contributed by atoms with Crippen molar-refractivity contribution in [3.63, 3.8) is 0 Å². The molecule has 0 saturated heterocycles. The van der Waals surface area contributed by atoms with Crippen molar-refractivity contribution in [3.05, 3.63) is 47.0 Å². The molecule has 7 heteroatoms. The first kappa shape index (κ1) is 15.4. The molecular weight excluding hydrogens is 292 g/mol. The van der Waals surface area contributed by atoms with E-state index in [2.05, 4.69) is 9.72 Å². The van der Waals surface area contributed by atoms with Gasteiger partial charge in [0.05, 0.1) is 6.61 Å². The Morgan fingerprint density at radius 3 is 2.57 bits per heavy atom. The zero-order chi connectivity index (χ0) is 15.4. The van der Waals surface area contributed by atoms with Gasteiger partial charge in [-0.05, 0) is 36.8 Å². The largest absolute Gasteiger partial charge is 0.464 e. The van der Waals surface area contributed by atoms with E-state index in [-0.39, 0.29) is 6.61 Å². The monoisotopic (exact) mass is 308 g/mol. The number of H-pyrrole nitrogens is 1. The van der Waals surface area contributed by atoms with Crippen LogP contribution in [-0.2, 0) is 9.53 Å². The molecule has 112 valence electrons. The number of nitrogens with one attached hydrogen (secondary N) is 1. The number of imidazole rings is 1. The molecule has 1 aromatic heterocycles. The lowest BCUT2D eigenvalue weighted by Gasteiger charge is -2.17. The number of hydrogen-bond donors (Lipinski definition) is 3. The lowest BCUT2D eigenvalue weighted by atomic mass is 10.0. The second-order valence-corrected chi connectivity index (χ2v) is 4.76. The van der Waals surface area contributed by atoms with Gasteiger partial charge in [-0.1, -0.05) is 12.1 Å². The summed E-state index contributed by atoms with van der Waals surface area (Å²) in [5.74, 6) is -0.845. The van der Waals surface area contributed by atoms with Crippen molar-refractivity contribution in [2.24, 2.45) is 0 Å². The molecule has 3 N–H and O–H groups in total. The predicted molar refractivity (Wildman–Crippen MR) is 78.6 cm³/mol. The van der Waals surface area contributed by atoms with Gasteiger partial charge >= 0.3 is 5.97 Å². The quantitative estimate of drug-likeness (QED) is 0.575. The summed E-state index contributed by atoms with van der Waals surface area (Å²) >= 11 is 5.11. The normalized spacial score (nSPS) is 13.7. The Bertz CT molecular complexity index is 662. The molecule has 0 saturated carbocycles. The maximum Gasteiger partial charge on any atom is 0.338 e. The number of hydrogen-bond acceptors (Lipinski definition) is 5. The molecule has 2 aromatic rings. The van der Waals surface area contributed by atoms with Crippen molar-refractivity contribution < 1.29 is 19.7 Å². The number of aliphatic hydroxyl groups is 2. The minimum atomic E-state index is -1.61. The van der Waals surface area contributed by atoms with Gasteiger partial charge in [0.25, 0.3) is 0 Å². The highest BCUT2D eigenvalue weighted by molar-refractivity contribution is 7.71. The Balaban J connectivity index is 2.17. The molecule has 21 heavy (non-hydrogen) atoms. The fraction of sp³-hybridized carbons (Fsp3) is 0.286. The van der Waals surface area contributed by atoms with Gasteiger partial charge in [-0.25, -0.2) is 4.79 Å². The van der Waals surface area contributed by atoms with Crippen LogP contribution < -0.4 is 0 Å². The number of rotatable bonds is 5. The topological polar surface area (TPSA) is 87.5 Å². The Kier molecular flexibility index (Phi) is 4.89. The molecule has 2 unspecified atom stereocenters. The third kappa shape index (κ3) is 3.38. The lowest BCUT2D eigenvalue weighted by molar-refractivity contribution is -0.159. The van der Waals surface area contributed by atoms with Crippen LogP contribution in [0.3, 0.4) is 0 Å². The molecule has 2 atom stereocenters. The highest BCUT2D eigenvalue weighted by Gasteiger charge is 2.26. The average molecular weight is 308 g/mol. The van der Waals surface area contributed by atoms with Gasteiger partial charge in [0.15, 0.2) is 10.9 Å². The van der Waals surface area contributed by atoms with E-state index >= 15 is 0 Å². The molecule has 0 aliphatic carbocycles. The maximum absolute atomic E-state index is 11.4. The number of carbonyl (C=O) groups is 1. The molecule has 1 aromatic carbocycles. The van der Waals surface area contributed by atoms with Gasteiger partial charge < -0.3 is 19.9 Å². The number of esters is 1. The summed E-state index contributed by atoms with van der Waals surface area (Å²) in [4.78, 5) is 14.3. The smallest absolute Gasteiger partial charge is 0.338 e. The zero-order valence-corrected chi connectivity index (χ0v) is 12.2. The zero-order valence-electron chi connectivity index (χ0n) is 11.4. The summed E-state index contributed by atoms with van der Waals surface area (Å²) in [6, 6.07) is 6.72. The summed E-state index contributed by atoms with van der Waals surface area (Å²) in [7, 11) is 0. The summed E-state index contributed by atoms with van der Waals surface area (Å²) in [5, 5.41) is 19.7. The molecule has 2 rings (SSSR count). The molecule has 0 bridgehead atoms. The van der Waals surface area contributed by atoms with Crippen LogP contribution in [-0.4, -0.2) is 38.4 Å². The van der Waals surface area contributed by atoms with Crippen molar-refractivity contribution in [2.45, 2.75) is 19.1 Å². The molecule has 6 nitrogen and oxygen atoms in total. The van der Waals surface area contributed by atoms with Gasteiger partial charge in [0.2, 0.25) is 0 Å². The minimum absolute atomic E-state index is 0.146. The molecule has 0 spiro atoms. The number of ether oxygens (including phenoxy) is 1. The predicted octanol–water partition coefficient (Wildman–Crippen LogP) is 1.49. The van der Waals surface area contributed by atoms with Crippen LogP contribution in [0.25, 0.3) is 5.69 Å². The Morgan fingerprint density at radius 1 is 1.38 bits per heavy atom. The Labute approximate surface area is 126 Å². The highest BCUT2D eigenvalue weighted by atomic mass is 32.1. The van der Waals surface area contributed by atoms with Crippen molar-refractivity contribution >= 4 is 18.2 Å². The first-order valence-electron chi connectivity index (χ1n) is 6.43. The number of benzene rings is 1. The van der Waals surface area contributed by atoms with Gasteiger partial charge in [0.1, 0.15) is 6.10 Å². The van der Waals surface area contributed by atoms with Crippen molar-refractivity contribution in [1.82, 2.24) is 9.55 Å². The standard InChI is InChI=1S/C14H16N2O4S/c1-2-20-13(19)12(18)11(17)9-3-5-10(6-4-9)16-8-7-15-14(16)21/h3-8,11-12,17-18H,2H2,1H3,(H,15,21). The van der Waals surface area contributed by atoms with Crippen molar-refractivity contribution in [2.75, 3.05) is 6.61 Å². The van der Waals surface area contributed by atoms with Crippen LogP contribution >= 0.6 is 12.2 Å². The van der Waals surface area contributed by atoms with Gasteiger partial charge in [-0.3, -0.25) is 4.57 Å². The maximum atomic E-state index is 11.4. The summed E-state index contributed by atoms with van der Waals surface area (Å²) in [6.07, 6.45) is 0.555. The first-order valence-corrected chi connectivity index (χ1v) is 6.84. The molecule has 0 aliphatic heterocycles. The van der Waals surface area contributed by atoms with E-state index in [1.165, 1.54) is 0 Å². The Hall–Kier alpha value is -1.96. The van der Waals surface area contributed by atoms with E-state index in [0.717, 1.165) is 5.69 Å². The summed E-state index contributed by atoms with van der Waals surface area (Å²) in [6.45, 7) is 1.78. The third-order valence-electron chi connectivity index (χ3n) is 2.99. The molecule has 0 amide bonds. The molecular formula is C14H16N2O4S. The fourth-order valence-corrected chi connectivity index (χ4v) is 2.13.